The van der Waals surface area contributed by atoms with Gasteiger partial charge < -0.3 is 10.6 Å². The maximum atomic E-state index is 12.8. The number of benzene rings is 1. The highest BCUT2D eigenvalue weighted by molar-refractivity contribution is 6.31. The summed E-state index contributed by atoms with van der Waals surface area (Å²) in [5, 5.41) is 6.14. The number of nitrogens with zero attached hydrogens (tertiary/aromatic N) is 1. The topological polar surface area (TPSA) is 36.4 Å². The molecule has 0 aromatic heterocycles. The van der Waals surface area contributed by atoms with Crippen LogP contribution in [-0.2, 0) is 0 Å². The van der Waals surface area contributed by atoms with Crippen LogP contribution < -0.4 is 10.6 Å². The molecular weight excluding hydrogens is 205 g/mol. The van der Waals surface area contributed by atoms with E-state index in [1.54, 1.807) is 6.07 Å². The highest BCUT2D eigenvalue weighted by Gasteiger charge is 2.06. The lowest BCUT2D eigenvalue weighted by molar-refractivity contribution is 0.628. The fraction of sp³-hybridized carbons (Fsp3) is 0.222. The fourth-order valence-corrected chi connectivity index (χ4v) is 1.37. The number of halogens is 2. The molecule has 0 saturated carbocycles. The van der Waals surface area contributed by atoms with E-state index in [4.69, 9.17) is 11.6 Å². The minimum Gasteiger partial charge on any atom is -0.354 e. The summed E-state index contributed by atoms with van der Waals surface area (Å²) in [6.07, 6.45) is 0. The predicted octanol–water partition coefficient (Wildman–Crippen LogP) is 1.85. The molecule has 0 aliphatic carbocycles. The van der Waals surface area contributed by atoms with Gasteiger partial charge in [-0.05, 0) is 18.2 Å². The monoisotopic (exact) mass is 213 g/mol. The van der Waals surface area contributed by atoms with Gasteiger partial charge in [-0.25, -0.2) is 4.39 Å². The molecule has 0 spiro atoms. The minimum atomic E-state index is -0.418. The molecule has 0 saturated heterocycles. The number of hydrogen-bond acceptors (Lipinski definition) is 3. The van der Waals surface area contributed by atoms with Crippen LogP contribution in [0.25, 0.3) is 0 Å². The lowest BCUT2D eigenvalue weighted by Crippen LogP contribution is -2.26. The van der Waals surface area contributed by atoms with Gasteiger partial charge in [0.05, 0.1) is 11.6 Å². The number of aliphatic imine (C=N–C) groups is 1. The molecular formula is C9H9ClFN3. The second-order valence-corrected chi connectivity index (χ2v) is 3.32. The summed E-state index contributed by atoms with van der Waals surface area (Å²) < 4.78 is 12.8. The summed E-state index contributed by atoms with van der Waals surface area (Å²) in [5.74, 6) is 0.284. The van der Waals surface area contributed by atoms with Crippen LogP contribution >= 0.6 is 11.6 Å². The summed E-state index contributed by atoms with van der Waals surface area (Å²) >= 11 is 5.62. The lowest BCUT2D eigenvalue weighted by atomic mass is 10.3. The Morgan fingerprint density at radius 2 is 2.36 bits per heavy atom. The van der Waals surface area contributed by atoms with Gasteiger partial charge >= 0.3 is 0 Å². The summed E-state index contributed by atoms with van der Waals surface area (Å²) in [5.41, 5.74) is 0.726. The molecule has 0 atom stereocenters. The van der Waals surface area contributed by atoms with Crippen molar-refractivity contribution in [2.24, 2.45) is 4.99 Å². The Kier molecular flexibility index (Phi) is 2.54. The van der Waals surface area contributed by atoms with Crippen LogP contribution in [0.2, 0.25) is 5.02 Å². The second-order valence-electron chi connectivity index (χ2n) is 2.91. The van der Waals surface area contributed by atoms with Crippen LogP contribution in [0.1, 0.15) is 0 Å². The van der Waals surface area contributed by atoms with Crippen molar-refractivity contribution < 1.29 is 4.39 Å². The molecule has 74 valence electrons. The molecule has 2 N–H and O–H groups in total. The summed E-state index contributed by atoms with van der Waals surface area (Å²) in [6.45, 7) is 1.59. The Morgan fingerprint density at radius 1 is 1.50 bits per heavy atom. The Labute approximate surface area is 86.0 Å². The Bertz CT molecular complexity index is 378. The maximum absolute atomic E-state index is 12.8. The van der Waals surface area contributed by atoms with E-state index in [0.717, 1.165) is 18.8 Å². The molecule has 0 unspecified atom stereocenters. The fourth-order valence-electron chi connectivity index (χ4n) is 1.19. The van der Waals surface area contributed by atoms with E-state index < -0.39 is 5.82 Å². The molecule has 1 aliphatic rings. The van der Waals surface area contributed by atoms with Gasteiger partial charge in [-0.3, -0.25) is 4.99 Å². The Balaban J connectivity index is 2.13. The predicted molar refractivity (Wildman–Crippen MR) is 55.3 cm³/mol. The lowest BCUT2D eigenvalue weighted by Gasteiger charge is -2.06. The number of rotatable bonds is 1. The summed E-state index contributed by atoms with van der Waals surface area (Å²) in [4.78, 5) is 4.14. The zero-order valence-corrected chi connectivity index (χ0v) is 8.11. The van der Waals surface area contributed by atoms with E-state index >= 15 is 0 Å². The molecule has 0 radical (unpaired) electrons. The average Bonchev–Trinajstić information content (AvgIpc) is 2.64. The standard InChI is InChI=1S/C9H9ClFN3/c10-7-5-6(1-2-8(7)11)14-9-12-3-4-13-9/h1-2,5H,3-4H2,(H2,12,13,14). The molecule has 3 nitrogen and oxygen atoms in total. The van der Waals surface area contributed by atoms with Gasteiger partial charge in [-0.1, -0.05) is 11.6 Å². The molecule has 1 aliphatic heterocycles. The third-order valence-corrected chi connectivity index (χ3v) is 2.15. The van der Waals surface area contributed by atoms with Crippen LogP contribution in [0.3, 0.4) is 0 Å². The Morgan fingerprint density at radius 3 is 3.00 bits per heavy atom. The quantitative estimate of drug-likeness (QED) is 0.747. The molecule has 1 aromatic carbocycles. The number of hydrogen-bond donors (Lipinski definition) is 2. The van der Waals surface area contributed by atoms with Gasteiger partial charge in [0.25, 0.3) is 0 Å². The maximum Gasteiger partial charge on any atom is 0.195 e. The molecule has 0 bridgehead atoms. The second kappa shape index (κ2) is 3.84. The molecule has 2 rings (SSSR count). The molecule has 14 heavy (non-hydrogen) atoms. The van der Waals surface area contributed by atoms with Gasteiger partial charge in [0.2, 0.25) is 0 Å². The molecule has 0 fully saturated rings. The van der Waals surface area contributed by atoms with Crippen LogP contribution in [0, 0.1) is 5.82 Å². The molecule has 5 heteroatoms. The van der Waals surface area contributed by atoms with Gasteiger partial charge in [0.15, 0.2) is 5.96 Å². The first-order chi connectivity index (χ1) is 6.75. The van der Waals surface area contributed by atoms with Crippen molar-refractivity contribution in [3.63, 3.8) is 0 Å². The van der Waals surface area contributed by atoms with Crippen molar-refractivity contribution in [2.45, 2.75) is 0 Å². The van der Waals surface area contributed by atoms with Gasteiger partial charge in [0.1, 0.15) is 5.82 Å². The zero-order valence-electron chi connectivity index (χ0n) is 7.35. The zero-order chi connectivity index (χ0) is 9.97. The van der Waals surface area contributed by atoms with E-state index in [-0.39, 0.29) is 5.02 Å². The smallest absolute Gasteiger partial charge is 0.195 e. The normalized spacial score (nSPS) is 14.9. The van der Waals surface area contributed by atoms with Crippen molar-refractivity contribution in [1.29, 1.82) is 0 Å². The van der Waals surface area contributed by atoms with Crippen molar-refractivity contribution >= 4 is 23.2 Å². The third-order valence-electron chi connectivity index (χ3n) is 1.86. The largest absolute Gasteiger partial charge is 0.354 e. The molecule has 0 amide bonds. The van der Waals surface area contributed by atoms with E-state index in [1.165, 1.54) is 12.1 Å². The highest BCUT2D eigenvalue weighted by Crippen LogP contribution is 2.19. The van der Waals surface area contributed by atoms with Gasteiger partial charge in [0, 0.05) is 12.2 Å². The summed E-state index contributed by atoms with van der Waals surface area (Å²) in [6, 6.07) is 4.46. The van der Waals surface area contributed by atoms with E-state index in [9.17, 15) is 4.39 Å². The minimum absolute atomic E-state index is 0.105. The van der Waals surface area contributed by atoms with E-state index in [0.29, 0.717) is 5.96 Å². The van der Waals surface area contributed by atoms with Crippen molar-refractivity contribution in [3.05, 3.63) is 29.0 Å². The first kappa shape index (κ1) is 9.27. The number of nitrogens with one attached hydrogen (secondary N) is 2. The number of anilines is 1. The first-order valence-corrected chi connectivity index (χ1v) is 4.64. The van der Waals surface area contributed by atoms with Crippen molar-refractivity contribution in [2.75, 3.05) is 18.4 Å². The first-order valence-electron chi connectivity index (χ1n) is 4.26. The van der Waals surface area contributed by atoms with Crippen LogP contribution in [-0.4, -0.2) is 19.0 Å². The van der Waals surface area contributed by atoms with Crippen LogP contribution in [0.4, 0.5) is 10.1 Å². The van der Waals surface area contributed by atoms with Crippen LogP contribution in [0.15, 0.2) is 23.2 Å². The van der Waals surface area contributed by atoms with Gasteiger partial charge in [-0.2, -0.15) is 0 Å². The molecule has 1 heterocycles. The molecule has 1 aromatic rings. The average molecular weight is 214 g/mol. The SMILES string of the molecule is Fc1ccc(NC2=NCCN2)cc1Cl. The van der Waals surface area contributed by atoms with Crippen LogP contribution in [0.5, 0.6) is 0 Å². The van der Waals surface area contributed by atoms with Gasteiger partial charge in [-0.15, -0.1) is 0 Å². The third kappa shape index (κ3) is 1.96. The van der Waals surface area contributed by atoms with E-state index in [2.05, 4.69) is 15.6 Å². The Hall–Kier alpha value is -1.29. The van der Waals surface area contributed by atoms with E-state index in [1.807, 2.05) is 0 Å². The van der Waals surface area contributed by atoms with Crippen molar-refractivity contribution in [3.8, 4) is 0 Å². The number of guanidine groups is 1. The van der Waals surface area contributed by atoms with Crippen molar-refractivity contribution in [1.82, 2.24) is 5.32 Å². The summed E-state index contributed by atoms with van der Waals surface area (Å²) in [7, 11) is 0. The highest BCUT2D eigenvalue weighted by atomic mass is 35.5.